The average molecular weight is 448 g/mol. The predicted molar refractivity (Wildman–Crippen MR) is 130 cm³/mol. The number of ether oxygens (including phenoxy) is 1. The van der Waals surface area contributed by atoms with Gasteiger partial charge in [0.15, 0.2) is 0 Å². The van der Waals surface area contributed by atoms with Gasteiger partial charge in [0, 0.05) is 6.54 Å². The van der Waals surface area contributed by atoms with Crippen LogP contribution in [0, 0.1) is 23.2 Å². The summed E-state index contributed by atoms with van der Waals surface area (Å²) in [5.41, 5.74) is 2.71. The monoisotopic (exact) mass is 447 g/mol. The molecule has 4 nitrogen and oxygen atoms in total. The zero-order chi connectivity index (χ0) is 22.7. The Morgan fingerprint density at radius 2 is 1.58 bits per heavy atom. The number of hydrogen-bond donors (Lipinski definition) is 2. The first-order valence-electron chi connectivity index (χ1n) is 12.8. The largest absolute Gasteiger partial charge is 0.489 e. The Balaban J connectivity index is 1.02. The lowest BCUT2D eigenvalue weighted by molar-refractivity contribution is -0.130. The molecule has 0 radical (unpaired) electrons. The van der Waals surface area contributed by atoms with Crippen LogP contribution in [-0.4, -0.2) is 23.7 Å². The van der Waals surface area contributed by atoms with E-state index in [1.54, 1.807) is 0 Å². The fourth-order valence-electron chi connectivity index (χ4n) is 7.11. The molecule has 176 valence electrons. The second kappa shape index (κ2) is 9.89. The van der Waals surface area contributed by atoms with Gasteiger partial charge in [-0.25, -0.2) is 0 Å². The van der Waals surface area contributed by atoms with E-state index in [4.69, 9.17) is 4.74 Å². The van der Waals surface area contributed by atoms with Crippen molar-refractivity contribution in [1.82, 2.24) is 5.32 Å². The number of carbonyl (C=O) groups is 1. The molecule has 6 rings (SSSR count). The van der Waals surface area contributed by atoms with Gasteiger partial charge in [-0.15, -0.1) is 0 Å². The molecule has 0 heterocycles. The van der Waals surface area contributed by atoms with Gasteiger partial charge >= 0.3 is 0 Å². The summed E-state index contributed by atoms with van der Waals surface area (Å²) < 4.78 is 5.83. The van der Waals surface area contributed by atoms with Crippen LogP contribution in [0.3, 0.4) is 0 Å². The van der Waals surface area contributed by atoms with Crippen molar-refractivity contribution in [2.75, 3.05) is 6.54 Å². The summed E-state index contributed by atoms with van der Waals surface area (Å²) >= 11 is 0. The summed E-state index contributed by atoms with van der Waals surface area (Å²) in [6.45, 7) is 1.09. The minimum absolute atomic E-state index is 0.220. The molecule has 4 aliphatic rings. The molecule has 2 N–H and O–H groups in total. The van der Waals surface area contributed by atoms with Crippen molar-refractivity contribution in [3.63, 3.8) is 0 Å². The highest BCUT2D eigenvalue weighted by molar-refractivity contribution is 5.80. The third kappa shape index (κ3) is 5.60. The SMILES string of the molecule is O=C(NCCc1ccc(OCc2ccccc2)cc1)C(O)CCC12CC3CC(CC(C3)C1)C2. The van der Waals surface area contributed by atoms with Gasteiger partial charge in [-0.05, 0) is 104 Å². The van der Waals surface area contributed by atoms with Crippen molar-refractivity contribution in [2.24, 2.45) is 23.2 Å². The summed E-state index contributed by atoms with van der Waals surface area (Å²) in [5.74, 6) is 3.36. The molecule has 4 bridgehead atoms. The van der Waals surface area contributed by atoms with Crippen LogP contribution in [0.2, 0.25) is 0 Å². The Morgan fingerprint density at radius 1 is 0.939 bits per heavy atom. The molecular formula is C29H37NO3. The molecule has 1 amide bonds. The Hall–Kier alpha value is -2.33. The van der Waals surface area contributed by atoms with Crippen LogP contribution in [0.25, 0.3) is 0 Å². The van der Waals surface area contributed by atoms with E-state index in [1.807, 2.05) is 42.5 Å². The molecular weight excluding hydrogens is 410 g/mol. The molecule has 0 aromatic heterocycles. The highest BCUT2D eigenvalue weighted by atomic mass is 16.5. The average Bonchev–Trinajstić information content (AvgIpc) is 2.82. The van der Waals surface area contributed by atoms with Crippen LogP contribution < -0.4 is 10.1 Å². The summed E-state index contributed by atoms with van der Waals surface area (Å²) in [6.07, 6.45) is 9.77. The normalized spacial score (nSPS) is 28.5. The summed E-state index contributed by atoms with van der Waals surface area (Å²) in [6, 6.07) is 18.1. The summed E-state index contributed by atoms with van der Waals surface area (Å²) in [4.78, 5) is 12.4. The van der Waals surface area contributed by atoms with E-state index in [0.717, 1.165) is 47.5 Å². The van der Waals surface area contributed by atoms with Crippen LogP contribution in [-0.2, 0) is 17.8 Å². The van der Waals surface area contributed by atoms with Gasteiger partial charge in [-0.3, -0.25) is 4.79 Å². The van der Waals surface area contributed by atoms with E-state index in [-0.39, 0.29) is 5.91 Å². The molecule has 33 heavy (non-hydrogen) atoms. The van der Waals surface area contributed by atoms with Crippen LogP contribution >= 0.6 is 0 Å². The van der Waals surface area contributed by atoms with Crippen molar-refractivity contribution in [3.8, 4) is 5.75 Å². The number of nitrogens with one attached hydrogen (secondary N) is 1. The quantitative estimate of drug-likeness (QED) is 0.521. The number of aliphatic hydroxyl groups is 1. The van der Waals surface area contributed by atoms with E-state index >= 15 is 0 Å². The van der Waals surface area contributed by atoms with Crippen LogP contribution in [0.5, 0.6) is 5.75 Å². The van der Waals surface area contributed by atoms with Crippen molar-refractivity contribution in [3.05, 3.63) is 65.7 Å². The molecule has 4 heteroatoms. The Kier molecular flexibility index (Phi) is 6.73. The maximum atomic E-state index is 12.4. The smallest absolute Gasteiger partial charge is 0.248 e. The topological polar surface area (TPSA) is 58.6 Å². The molecule has 4 aliphatic carbocycles. The second-order valence-corrected chi connectivity index (χ2v) is 10.9. The van der Waals surface area contributed by atoms with Gasteiger partial charge in [0.2, 0.25) is 5.91 Å². The molecule has 0 spiro atoms. The van der Waals surface area contributed by atoms with E-state index in [0.29, 0.717) is 25.0 Å². The first-order chi connectivity index (χ1) is 16.1. The van der Waals surface area contributed by atoms with E-state index in [9.17, 15) is 9.90 Å². The predicted octanol–water partition coefficient (Wildman–Crippen LogP) is 5.28. The highest BCUT2D eigenvalue weighted by Crippen LogP contribution is 2.61. The van der Waals surface area contributed by atoms with Gasteiger partial charge in [-0.1, -0.05) is 42.5 Å². The zero-order valence-electron chi connectivity index (χ0n) is 19.5. The van der Waals surface area contributed by atoms with E-state index < -0.39 is 6.10 Å². The molecule has 2 aromatic carbocycles. The first kappa shape index (κ1) is 22.5. The molecule has 1 atom stereocenters. The molecule has 2 aromatic rings. The fourth-order valence-corrected chi connectivity index (χ4v) is 7.11. The van der Waals surface area contributed by atoms with Crippen molar-refractivity contribution in [1.29, 1.82) is 0 Å². The summed E-state index contributed by atoms with van der Waals surface area (Å²) in [7, 11) is 0. The van der Waals surface area contributed by atoms with E-state index in [2.05, 4.69) is 17.4 Å². The maximum absolute atomic E-state index is 12.4. The standard InChI is InChI=1S/C29H37NO3/c31-27(10-12-29-17-23-14-24(18-29)16-25(15-23)19-29)28(32)30-13-11-21-6-8-26(9-7-21)33-20-22-4-2-1-3-5-22/h1-9,23-25,27,31H,10-20H2,(H,30,32). The highest BCUT2D eigenvalue weighted by Gasteiger charge is 2.50. The third-order valence-corrected chi connectivity index (χ3v) is 8.30. The number of rotatable bonds is 10. The lowest BCUT2D eigenvalue weighted by Gasteiger charge is -2.57. The second-order valence-electron chi connectivity index (χ2n) is 10.9. The van der Waals surface area contributed by atoms with Crippen LogP contribution in [0.15, 0.2) is 54.6 Å². The molecule has 4 saturated carbocycles. The van der Waals surface area contributed by atoms with Crippen LogP contribution in [0.4, 0.5) is 0 Å². The van der Waals surface area contributed by atoms with E-state index in [1.165, 1.54) is 38.5 Å². The first-order valence-corrected chi connectivity index (χ1v) is 12.8. The van der Waals surface area contributed by atoms with Gasteiger partial charge in [0.1, 0.15) is 18.5 Å². The van der Waals surface area contributed by atoms with Crippen LogP contribution in [0.1, 0.15) is 62.5 Å². The lowest BCUT2D eigenvalue weighted by atomic mass is 9.48. The molecule has 0 saturated heterocycles. The number of benzene rings is 2. The number of amides is 1. The maximum Gasteiger partial charge on any atom is 0.248 e. The minimum Gasteiger partial charge on any atom is -0.489 e. The number of carbonyl (C=O) groups excluding carboxylic acids is 1. The molecule has 1 unspecified atom stereocenters. The Morgan fingerprint density at radius 3 is 2.21 bits per heavy atom. The third-order valence-electron chi connectivity index (χ3n) is 8.30. The zero-order valence-corrected chi connectivity index (χ0v) is 19.5. The van der Waals surface area contributed by atoms with Gasteiger partial charge < -0.3 is 15.2 Å². The lowest BCUT2D eigenvalue weighted by Crippen LogP contribution is -2.46. The Bertz CT molecular complexity index is 888. The van der Waals surface area contributed by atoms with Crippen molar-refractivity contribution in [2.45, 2.75) is 70.5 Å². The van der Waals surface area contributed by atoms with Gasteiger partial charge in [0.25, 0.3) is 0 Å². The van der Waals surface area contributed by atoms with Crippen molar-refractivity contribution < 1.29 is 14.6 Å². The van der Waals surface area contributed by atoms with Gasteiger partial charge in [0.05, 0.1) is 0 Å². The fraction of sp³-hybridized carbons (Fsp3) is 0.552. The summed E-state index contributed by atoms with van der Waals surface area (Å²) in [5, 5.41) is 13.4. The number of hydrogen-bond acceptors (Lipinski definition) is 3. The molecule has 4 fully saturated rings. The minimum atomic E-state index is -0.883. The van der Waals surface area contributed by atoms with Gasteiger partial charge in [-0.2, -0.15) is 0 Å². The van der Waals surface area contributed by atoms with Crippen molar-refractivity contribution >= 4 is 5.91 Å². The Labute approximate surface area is 197 Å². The molecule has 0 aliphatic heterocycles. The number of aliphatic hydroxyl groups excluding tert-OH is 1.